The molecule has 0 atom stereocenters. The van der Waals surface area contributed by atoms with E-state index in [0.29, 0.717) is 11.6 Å². The average Bonchev–Trinajstić information content (AvgIpc) is 2.84. The summed E-state index contributed by atoms with van der Waals surface area (Å²) in [6.07, 6.45) is 5.86. The highest BCUT2D eigenvalue weighted by Gasteiger charge is 2.22. The minimum Gasteiger partial charge on any atom is -0.350 e. The van der Waals surface area contributed by atoms with Crippen LogP contribution < -0.4 is 5.32 Å². The normalized spacial score (nSPS) is 15.8. The predicted octanol–water partition coefficient (Wildman–Crippen LogP) is 0.560. The third-order valence-electron chi connectivity index (χ3n) is 2.19. The van der Waals surface area contributed by atoms with Crippen molar-refractivity contribution >= 4 is 5.91 Å². The first-order valence-corrected chi connectivity index (χ1v) is 4.52. The van der Waals surface area contributed by atoms with E-state index in [1.54, 1.807) is 17.1 Å². The molecule has 1 N–H and O–H groups in total. The second-order valence-electron chi connectivity index (χ2n) is 3.58. The van der Waals surface area contributed by atoms with Crippen LogP contribution >= 0.6 is 0 Å². The Morgan fingerprint density at radius 1 is 1.77 bits per heavy atom. The van der Waals surface area contributed by atoms with Crippen molar-refractivity contribution in [2.45, 2.75) is 12.8 Å². The van der Waals surface area contributed by atoms with E-state index in [2.05, 4.69) is 10.3 Å². The number of nitrogens with zero attached hydrogens (tertiary/aromatic N) is 2. The van der Waals surface area contributed by atoms with Gasteiger partial charge < -0.3 is 9.88 Å². The van der Waals surface area contributed by atoms with Gasteiger partial charge in [0.25, 0.3) is 5.91 Å². The first-order valence-electron chi connectivity index (χ1n) is 4.52. The van der Waals surface area contributed by atoms with Crippen molar-refractivity contribution in [3.63, 3.8) is 0 Å². The highest BCUT2D eigenvalue weighted by Crippen LogP contribution is 2.27. The molecule has 1 heterocycles. The number of carbonyl (C=O) groups excluding carboxylic acids is 1. The topological polar surface area (TPSA) is 46.9 Å². The van der Waals surface area contributed by atoms with Gasteiger partial charge in [-0.1, -0.05) is 0 Å². The maximum atomic E-state index is 11.4. The molecular formula is C9H13N3O. The van der Waals surface area contributed by atoms with Gasteiger partial charge in [-0.05, 0) is 18.8 Å². The third-order valence-corrected chi connectivity index (χ3v) is 2.19. The lowest BCUT2D eigenvalue weighted by molar-refractivity contribution is 0.0947. The Hall–Kier alpha value is -1.32. The molecule has 2 rings (SSSR count). The summed E-state index contributed by atoms with van der Waals surface area (Å²) in [6.45, 7) is 0.801. The van der Waals surface area contributed by atoms with Gasteiger partial charge in [-0.15, -0.1) is 0 Å². The van der Waals surface area contributed by atoms with E-state index in [9.17, 15) is 4.79 Å². The summed E-state index contributed by atoms with van der Waals surface area (Å²) in [7, 11) is 1.85. The monoisotopic (exact) mass is 179 g/mol. The van der Waals surface area contributed by atoms with Gasteiger partial charge in [0.15, 0.2) is 0 Å². The molecule has 0 radical (unpaired) electrons. The molecule has 0 aromatic carbocycles. The zero-order valence-electron chi connectivity index (χ0n) is 7.66. The van der Waals surface area contributed by atoms with Crippen LogP contribution in [0.5, 0.6) is 0 Å². The molecule has 1 aromatic rings. The fourth-order valence-corrected chi connectivity index (χ4v) is 1.18. The van der Waals surface area contributed by atoms with E-state index in [0.717, 1.165) is 6.54 Å². The molecule has 70 valence electrons. The zero-order chi connectivity index (χ0) is 9.26. The molecular weight excluding hydrogens is 166 g/mol. The van der Waals surface area contributed by atoms with Crippen LogP contribution in [0.3, 0.4) is 0 Å². The molecule has 0 aliphatic heterocycles. The summed E-state index contributed by atoms with van der Waals surface area (Å²) in [5.74, 6) is 0.653. The molecule has 4 heteroatoms. The van der Waals surface area contributed by atoms with Crippen molar-refractivity contribution < 1.29 is 4.79 Å². The van der Waals surface area contributed by atoms with Gasteiger partial charge in [0.05, 0.1) is 6.33 Å². The molecule has 4 nitrogen and oxygen atoms in total. The zero-order valence-corrected chi connectivity index (χ0v) is 7.66. The van der Waals surface area contributed by atoms with E-state index in [-0.39, 0.29) is 5.91 Å². The van der Waals surface area contributed by atoms with Crippen molar-refractivity contribution in [1.82, 2.24) is 14.9 Å². The maximum Gasteiger partial charge on any atom is 0.271 e. The number of rotatable bonds is 3. The molecule has 1 amide bonds. The van der Waals surface area contributed by atoms with Gasteiger partial charge in [0.1, 0.15) is 5.69 Å². The molecule has 1 aliphatic rings. The average molecular weight is 179 g/mol. The smallest absolute Gasteiger partial charge is 0.271 e. The van der Waals surface area contributed by atoms with Crippen molar-refractivity contribution in [3.8, 4) is 0 Å². The number of aryl methyl sites for hydroxylation is 1. The summed E-state index contributed by atoms with van der Waals surface area (Å²) in [4.78, 5) is 15.4. The Morgan fingerprint density at radius 3 is 3.08 bits per heavy atom. The van der Waals surface area contributed by atoms with Gasteiger partial charge in [-0.2, -0.15) is 0 Å². The predicted molar refractivity (Wildman–Crippen MR) is 48.3 cm³/mol. The molecule has 0 saturated heterocycles. The lowest BCUT2D eigenvalue weighted by Gasteiger charge is -1.99. The van der Waals surface area contributed by atoms with E-state index >= 15 is 0 Å². The number of amides is 1. The van der Waals surface area contributed by atoms with Crippen LogP contribution in [0.25, 0.3) is 0 Å². The molecule has 0 spiro atoms. The summed E-state index contributed by atoms with van der Waals surface area (Å²) in [5.41, 5.74) is 0.503. The van der Waals surface area contributed by atoms with Crippen molar-refractivity contribution in [3.05, 3.63) is 18.2 Å². The van der Waals surface area contributed by atoms with Gasteiger partial charge in [0, 0.05) is 19.8 Å². The summed E-state index contributed by atoms with van der Waals surface area (Å²) in [6, 6.07) is 0. The van der Waals surface area contributed by atoms with Crippen LogP contribution in [0.1, 0.15) is 23.3 Å². The molecule has 1 aromatic heterocycles. The van der Waals surface area contributed by atoms with Crippen LogP contribution in [0.4, 0.5) is 0 Å². The fourth-order valence-electron chi connectivity index (χ4n) is 1.18. The SMILES string of the molecule is Cn1cnc(C(=O)NCC2CC2)c1. The lowest BCUT2D eigenvalue weighted by atomic mass is 10.4. The van der Waals surface area contributed by atoms with Gasteiger partial charge in [0.2, 0.25) is 0 Å². The van der Waals surface area contributed by atoms with Crippen LogP contribution in [-0.4, -0.2) is 22.0 Å². The molecule has 1 fully saturated rings. The standard InChI is InChI=1S/C9H13N3O/c1-12-5-8(11-6-12)9(13)10-4-7-2-3-7/h5-7H,2-4H2,1H3,(H,10,13). The highest BCUT2D eigenvalue weighted by atomic mass is 16.1. The van der Waals surface area contributed by atoms with Crippen molar-refractivity contribution in [2.75, 3.05) is 6.54 Å². The van der Waals surface area contributed by atoms with Crippen molar-refractivity contribution in [1.29, 1.82) is 0 Å². The van der Waals surface area contributed by atoms with Crippen LogP contribution in [-0.2, 0) is 7.05 Å². The number of aromatic nitrogens is 2. The van der Waals surface area contributed by atoms with Gasteiger partial charge in [-0.25, -0.2) is 4.98 Å². The Kier molecular flexibility index (Phi) is 2.04. The molecule has 1 aliphatic carbocycles. The first kappa shape index (κ1) is 8.29. The van der Waals surface area contributed by atoms with Gasteiger partial charge in [-0.3, -0.25) is 4.79 Å². The van der Waals surface area contributed by atoms with Crippen LogP contribution in [0.2, 0.25) is 0 Å². The summed E-state index contributed by atoms with van der Waals surface area (Å²) in [5, 5.41) is 2.86. The van der Waals surface area contributed by atoms with E-state index in [1.807, 2.05) is 7.05 Å². The molecule has 1 saturated carbocycles. The quantitative estimate of drug-likeness (QED) is 0.737. The number of hydrogen-bond donors (Lipinski definition) is 1. The summed E-state index contributed by atoms with van der Waals surface area (Å²) >= 11 is 0. The Morgan fingerprint density at radius 2 is 2.54 bits per heavy atom. The van der Waals surface area contributed by atoms with Crippen LogP contribution in [0.15, 0.2) is 12.5 Å². The Bertz CT molecular complexity index is 314. The lowest BCUT2D eigenvalue weighted by Crippen LogP contribution is -2.25. The first-order chi connectivity index (χ1) is 6.25. The number of hydrogen-bond acceptors (Lipinski definition) is 2. The molecule has 0 unspecified atom stereocenters. The molecule has 0 bridgehead atoms. The maximum absolute atomic E-state index is 11.4. The van der Waals surface area contributed by atoms with E-state index < -0.39 is 0 Å². The fraction of sp³-hybridized carbons (Fsp3) is 0.556. The number of carbonyl (C=O) groups is 1. The summed E-state index contributed by atoms with van der Waals surface area (Å²) < 4.78 is 1.77. The second kappa shape index (κ2) is 3.20. The highest BCUT2D eigenvalue weighted by molar-refractivity contribution is 5.91. The largest absolute Gasteiger partial charge is 0.350 e. The van der Waals surface area contributed by atoms with Crippen LogP contribution in [0, 0.1) is 5.92 Å². The van der Waals surface area contributed by atoms with Gasteiger partial charge >= 0.3 is 0 Å². The Labute approximate surface area is 77.0 Å². The molecule has 13 heavy (non-hydrogen) atoms. The third kappa shape index (κ3) is 2.08. The number of imidazole rings is 1. The minimum absolute atomic E-state index is 0.0625. The minimum atomic E-state index is -0.0625. The van der Waals surface area contributed by atoms with E-state index in [4.69, 9.17) is 0 Å². The van der Waals surface area contributed by atoms with Crippen molar-refractivity contribution in [2.24, 2.45) is 13.0 Å². The number of nitrogens with one attached hydrogen (secondary N) is 1. The van der Waals surface area contributed by atoms with E-state index in [1.165, 1.54) is 12.8 Å². The second-order valence-corrected chi connectivity index (χ2v) is 3.58. The Balaban J connectivity index is 1.88.